The Bertz CT molecular complexity index is 1030. The van der Waals surface area contributed by atoms with E-state index in [1.165, 1.54) is 12.1 Å². The maximum absolute atomic E-state index is 13.5. The summed E-state index contributed by atoms with van der Waals surface area (Å²) in [4.78, 5) is 26.3. The van der Waals surface area contributed by atoms with E-state index in [0.717, 1.165) is 16.7 Å². The lowest BCUT2D eigenvalue weighted by Gasteiger charge is -2.41. The first-order valence-corrected chi connectivity index (χ1v) is 10.5. The average molecular weight is 465 g/mol. The fraction of sp³-hybridized carbons (Fsp3) is 0.391. The van der Waals surface area contributed by atoms with Crippen molar-refractivity contribution in [2.24, 2.45) is 5.73 Å². The third-order valence-corrected chi connectivity index (χ3v) is 6.08. The topological polar surface area (TPSA) is 84.7 Å². The molecule has 6 nitrogen and oxygen atoms in total. The summed E-state index contributed by atoms with van der Waals surface area (Å²) in [6.45, 7) is 0.0757. The highest BCUT2D eigenvalue weighted by molar-refractivity contribution is 5.83. The first-order valence-electron chi connectivity index (χ1n) is 10.5. The van der Waals surface area contributed by atoms with Crippen LogP contribution in [0.3, 0.4) is 0 Å². The van der Waals surface area contributed by atoms with Gasteiger partial charge < -0.3 is 20.7 Å². The van der Waals surface area contributed by atoms with Crippen molar-refractivity contribution in [3.8, 4) is 0 Å². The molecule has 2 aliphatic rings. The summed E-state index contributed by atoms with van der Waals surface area (Å²) in [7, 11) is 0. The normalized spacial score (nSPS) is 25.3. The maximum atomic E-state index is 13.5. The van der Waals surface area contributed by atoms with Crippen LogP contribution in [0.5, 0.6) is 0 Å². The van der Waals surface area contributed by atoms with Gasteiger partial charge in [-0.2, -0.15) is 13.2 Å². The van der Waals surface area contributed by atoms with Gasteiger partial charge in [0.05, 0.1) is 18.7 Å². The summed E-state index contributed by atoms with van der Waals surface area (Å²) < 4.78 is 56.7. The molecule has 0 spiro atoms. The fourth-order valence-electron chi connectivity index (χ4n) is 4.39. The second-order valence-electron chi connectivity index (χ2n) is 8.23. The number of ether oxygens (including phenoxy) is 1. The smallest absolute Gasteiger partial charge is 0.366 e. The van der Waals surface area contributed by atoms with Gasteiger partial charge in [-0.3, -0.25) is 9.59 Å². The SMILES string of the molecule is N[C@H]1C[C@H](C(=O)N2CCc3ccccc3[C@@H]2c2ccc(F)cc2)OC[C@H]1NC(=O)C(F)(F)F. The summed E-state index contributed by atoms with van der Waals surface area (Å²) in [5, 5.41) is 1.83. The number of hydrogen-bond donors (Lipinski definition) is 2. The van der Waals surface area contributed by atoms with Crippen molar-refractivity contribution in [2.45, 2.75) is 43.2 Å². The van der Waals surface area contributed by atoms with Crippen molar-refractivity contribution >= 4 is 11.8 Å². The van der Waals surface area contributed by atoms with E-state index in [-0.39, 0.29) is 18.9 Å². The third-order valence-electron chi connectivity index (χ3n) is 6.08. The minimum Gasteiger partial charge on any atom is -0.366 e. The number of rotatable bonds is 3. The minimum atomic E-state index is -5.03. The summed E-state index contributed by atoms with van der Waals surface area (Å²) in [5.41, 5.74) is 8.71. The molecule has 2 aromatic rings. The highest BCUT2D eigenvalue weighted by atomic mass is 19.4. The molecule has 0 radical (unpaired) electrons. The molecule has 2 heterocycles. The number of amides is 2. The van der Waals surface area contributed by atoms with E-state index in [1.54, 1.807) is 17.0 Å². The molecule has 4 atom stereocenters. The molecule has 0 bridgehead atoms. The monoisotopic (exact) mass is 465 g/mol. The van der Waals surface area contributed by atoms with Gasteiger partial charge in [-0.25, -0.2) is 4.39 Å². The second-order valence-corrected chi connectivity index (χ2v) is 8.23. The first kappa shape index (κ1) is 23.2. The molecule has 0 aliphatic carbocycles. The lowest BCUT2D eigenvalue weighted by molar-refractivity contribution is -0.176. The Balaban J connectivity index is 1.53. The highest BCUT2D eigenvalue weighted by Crippen LogP contribution is 2.36. The van der Waals surface area contributed by atoms with Crippen molar-refractivity contribution < 1.29 is 31.9 Å². The molecule has 4 rings (SSSR count). The average Bonchev–Trinajstić information content (AvgIpc) is 2.79. The molecule has 1 fully saturated rings. The zero-order chi connectivity index (χ0) is 23.8. The van der Waals surface area contributed by atoms with Crippen LogP contribution in [-0.4, -0.2) is 54.2 Å². The number of fused-ring (bicyclic) bond motifs is 1. The number of alkyl halides is 3. The summed E-state index contributed by atoms with van der Waals surface area (Å²) >= 11 is 0. The number of carbonyl (C=O) groups is 2. The van der Waals surface area contributed by atoms with E-state index in [4.69, 9.17) is 10.5 Å². The van der Waals surface area contributed by atoms with E-state index in [9.17, 15) is 27.2 Å². The van der Waals surface area contributed by atoms with Gasteiger partial charge in [0.15, 0.2) is 0 Å². The molecule has 0 unspecified atom stereocenters. The Hall–Kier alpha value is -2.98. The molecular weight excluding hydrogens is 442 g/mol. The van der Waals surface area contributed by atoms with Crippen molar-refractivity contribution in [1.29, 1.82) is 0 Å². The number of carbonyl (C=O) groups excluding carboxylic acids is 2. The van der Waals surface area contributed by atoms with Gasteiger partial charge in [0, 0.05) is 12.6 Å². The fourth-order valence-corrected chi connectivity index (χ4v) is 4.39. The van der Waals surface area contributed by atoms with Gasteiger partial charge in [-0.1, -0.05) is 36.4 Å². The van der Waals surface area contributed by atoms with Gasteiger partial charge in [-0.15, -0.1) is 0 Å². The Morgan fingerprint density at radius 1 is 1.09 bits per heavy atom. The molecule has 2 aromatic carbocycles. The zero-order valence-electron chi connectivity index (χ0n) is 17.5. The van der Waals surface area contributed by atoms with Gasteiger partial charge in [0.1, 0.15) is 11.9 Å². The number of halogens is 4. The molecule has 2 amide bonds. The Morgan fingerprint density at radius 2 is 1.79 bits per heavy atom. The van der Waals surface area contributed by atoms with E-state index >= 15 is 0 Å². The van der Waals surface area contributed by atoms with Crippen LogP contribution in [0.25, 0.3) is 0 Å². The summed E-state index contributed by atoms with van der Waals surface area (Å²) in [5.74, 6) is -2.84. The molecule has 0 saturated carbocycles. The highest BCUT2D eigenvalue weighted by Gasteiger charge is 2.44. The first-order chi connectivity index (χ1) is 15.6. The molecule has 33 heavy (non-hydrogen) atoms. The predicted molar refractivity (Wildman–Crippen MR) is 110 cm³/mol. The van der Waals surface area contributed by atoms with Gasteiger partial charge in [0.25, 0.3) is 5.91 Å². The maximum Gasteiger partial charge on any atom is 0.471 e. The number of nitrogens with one attached hydrogen (secondary N) is 1. The van der Waals surface area contributed by atoms with E-state index in [0.29, 0.717) is 13.0 Å². The quantitative estimate of drug-likeness (QED) is 0.683. The largest absolute Gasteiger partial charge is 0.471 e. The number of benzene rings is 2. The Labute approximate surface area is 187 Å². The number of nitrogens with zero attached hydrogens (tertiary/aromatic N) is 1. The van der Waals surface area contributed by atoms with Crippen molar-refractivity contribution in [3.63, 3.8) is 0 Å². The Kier molecular flexibility index (Phi) is 6.40. The third kappa shape index (κ3) is 4.86. The number of hydrogen-bond acceptors (Lipinski definition) is 4. The van der Waals surface area contributed by atoms with E-state index < -0.39 is 42.1 Å². The number of nitrogens with two attached hydrogens (primary N) is 1. The van der Waals surface area contributed by atoms with Gasteiger partial charge in [-0.05, 0) is 41.7 Å². The van der Waals surface area contributed by atoms with Crippen LogP contribution in [0.2, 0.25) is 0 Å². The molecule has 10 heteroatoms. The summed E-state index contributed by atoms with van der Waals surface area (Å²) in [6, 6.07) is 11.2. The van der Waals surface area contributed by atoms with Gasteiger partial charge in [0.2, 0.25) is 0 Å². The lowest BCUT2D eigenvalue weighted by Crippen LogP contribution is -2.60. The molecule has 1 saturated heterocycles. The van der Waals surface area contributed by atoms with E-state index in [2.05, 4.69) is 0 Å². The molecule has 3 N–H and O–H groups in total. The molecular formula is C23H23F4N3O3. The molecule has 176 valence electrons. The Morgan fingerprint density at radius 3 is 2.45 bits per heavy atom. The summed E-state index contributed by atoms with van der Waals surface area (Å²) in [6.07, 6.45) is -5.43. The zero-order valence-corrected chi connectivity index (χ0v) is 17.5. The van der Waals surface area contributed by atoms with Gasteiger partial charge >= 0.3 is 12.1 Å². The minimum absolute atomic E-state index is 0.0457. The van der Waals surface area contributed by atoms with Crippen LogP contribution in [-0.2, 0) is 20.7 Å². The van der Waals surface area contributed by atoms with Crippen molar-refractivity contribution in [1.82, 2.24) is 10.2 Å². The second kappa shape index (κ2) is 9.11. The lowest BCUT2D eigenvalue weighted by atomic mass is 9.87. The van der Waals surface area contributed by atoms with Crippen molar-refractivity contribution in [2.75, 3.05) is 13.2 Å². The predicted octanol–water partition coefficient (Wildman–Crippen LogP) is 2.46. The van der Waals surface area contributed by atoms with Crippen LogP contribution >= 0.6 is 0 Å². The van der Waals surface area contributed by atoms with Crippen LogP contribution in [0.15, 0.2) is 48.5 Å². The van der Waals surface area contributed by atoms with Crippen LogP contribution in [0.4, 0.5) is 17.6 Å². The molecule has 2 aliphatic heterocycles. The van der Waals surface area contributed by atoms with Crippen LogP contribution < -0.4 is 11.1 Å². The van der Waals surface area contributed by atoms with Crippen LogP contribution in [0.1, 0.15) is 29.2 Å². The molecule has 0 aromatic heterocycles. The van der Waals surface area contributed by atoms with Crippen LogP contribution in [0, 0.1) is 5.82 Å². The van der Waals surface area contributed by atoms with Crippen molar-refractivity contribution in [3.05, 3.63) is 71.0 Å². The standard InChI is InChI=1S/C23H23F4N3O3/c24-15-7-5-14(6-8-15)20-16-4-2-1-3-13(16)9-10-30(20)21(31)19-11-17(28)18(12-33-19)29-22(32)23(25,26)27/h1-8,17-20H,9-12,28H2,(H,29,32)/t17-,18+,19+,20-/m0/s1. The van der Waals surface area contributed by atoms with E-state index in [1.807, 2.05) is 29.6 Å².